The number of quaternary nitrogens is 1. The van der Waals surface area contributed by atoms with E-state index >= 15 is 0 Å². The number of likely N-dealkylation sites (N-methyl/N-ethyl adjacent to an activating group) is 1. The second-order valence-electron chi connectivity index (χ2n) is 10.1. The van der Waals surface area contributed by atoms with Crippen LogP contribution < -0.4 is 4.89 Å². The first-order valence-corrected chi connectivity index (χ1v) is 14.4. The third kappa shape index (κ3) is 10.6. The molecule has 0 amide bonds. The van der Waals surface area contributed by atoms with Crippen molar-refractivity contribution < 1.29 is 23.0 Å². The lowest BCUT2D eigenvalue weighted by Crippen LogP contribution is -2.61. The highest BCUT2D eigenvalue weighted by Crippen LogP contribution is 2.45. The number of phosphoric ester groups is 1. The van der Waals surface area contributed by atoms with Gasteiger partial charge in [-0.25, -0.2) is 0 Å². The largest absolute Gasteiger partial charge is 0.756 e. The summed E-state index contributed by atoms with van der Waals surface area (Å²) in [7, 11) is -1.96. The van der Waals surface area contributed by atoms with E-state index in [2.05, 4.69) is 14.0 Å². The van der Waals surface area contributed by atoms with Gasteiger partial charge < -0.3 is 18.4 Å². The standard InChI is InChI=1S/C24H48NO4P/c1-3-4-5-6-7-8-9-10-11-12-13-14-15-16-21-28-30(26,27)29-24-22-25(2)19-17-23(24)18-20-25/h23-24H,3-22H2,1-2H3. The van der Waals surface area contributed by atoms with Gasteiger partial charge in [0.25, 0.3) is 7.82 Å². The van der Waals surface area contributed by atoms with Gasteiger partial charge in [-0.05, 0) is 6.42 Å². The molecule has 0 aromatic heterocycles. The molecule has 2 bridgehead atoms. The summed E-state index contributed by atoms with van der Waals surface area (Å²) >= 11 is 0. The zero-order chi connectivity index (χ0) is 21.7. The van der Waals surface area contributed by atoms with Crippen molar-refractivity contribution in [3.05, 3.63) is 0 Å². The molecule has 0 aliphatic carbocycles. The first kappa shape index (κ1) is 26.3. The summed E-state index contributed by atoms with van der Waals surface area (Å²) in [6.07, 6.45) is 20.0. The Morgan fingerprint density at radius 1 is 0.833 bits per heavy atom. The van der Waals surface area contributed by atoms with Crippen LogP contribution in [0.3, 0.4) is 0 Å². The highest BCUT2D eigenvalue weighted by molar-refractivity contribution is 7.45. The first-order valence-electron chi connectivity index (χ1n) is 12.9. The Morgan fingerprint density at radius 2 is 1.30 bits per heavy atom. The van der Waals surface area contributed by atoms with Crippen LogP contribution in [0.5, 0.6) is 0 Å². The molecule has 2 unspecified atom stereocenters. The molecule has 3 rings (SSSR count). The van der Waals surface area contributed by atoms with Crippen molar-refractivity contribution in [3.63, 3.8) is 0 Å². The van der Waals surface area contributed by atoms with E-state index < -0.39 is 7.82 Å². The Kier molecular flexibility index (Phi) is 12.5. The Morgan fingerprint density at radius 3 is 1.77 bits per heavy atom. The lowest BCUT2D eigenvalue weighted by Gasteiger charge is -2.50. The van der Waals surface area contributed by atoms with Gasteiger partial charge in [0.05, 0.1) is 26.7 Å². The molecule has 0 N–H and O–H groups in total. The van der Waals surface area contributed by atoms with Crippen LogP contribution in [0, 0.1) is 5.92 Å². The lowest BCUT2D eigenvalue weighted by molar-refractivity contribution is -0.928. The third-order valence-corrected chi connectivity index (χ3v) is 8.27. The van der Waals surface area contributed by atoms with Gasteiger partial charge in [0.1, 0.15) is 12.6 Å². The SMILES string of the molecule is CCCCCCCCCCCCCCCCOP(=O)([O-])OC1C[N+]2(C)CCC1CC2. The van der Waals surface area contributed by atoms with Gasteiger partial charge in [-0.15, -0.1) is 0 Å². The van der Waals surface area contributed by atoms with Crippen molar-refractivity contribution >= 4 is 7.82 Å². The summed E-state index contributed by atoms with van der Waals surface area (Å²) in [5.41, 5.74) is 0. The van der Waals surface area contributed by atoms with E-state index in [0.717, 1.165) is 49.8 Å². The van der Waals surface area contributed by atoms with Crippen LogP contribution in [0.4, 0.5) is 0 Å². The molecular weight excluding hydrogens is 397 g/mol. The van der Waals surface area contributed by atoms with Crippen molar-refractivity contribution in [2.75, 3.05) is 33.3 Å². The minimum Gasteiger partial charge on any atom is -0.756 e. The molecule has 3 aliphatic heterocycles. The van der Waals surface area contributed by atoms with Crippen LogP contribution in [-0.2, 0) is 13.6 Å². The average molecular weight is 446 g/mol. The number of phosphoric acid groups is 1. The van der Waals surface area contributed by atoms with Gasteiger partial charge >= 0.3 is 0 Å². The Labute approximate surface area is 186 Å². The maximum Gasteiger partial charge on any atom is 0.268 e. The van der Waals surface area contributed by atoms with Crippen LogP contribution in [0.2, 0.25) is 0 Å². The molecule has 0 aromatic rings. The van der Waals surface area contributed by atoms with Gasteiger partial charge in [-0.2, -0.15) is 0 Å². The first-order chi connectivity index (χ1) is 14.4. The molecular formula is C24H48NO4P. The molecule has 30 heavy (non-hydrogen) atoms. The van der Waals surface area contributed by atoms with Gasteiger partial charge in [0.2, 0.25) is 0 Å². The topological polar surface area (TPSA) is 58.6 Å². The molecule has 3 aliphatic rings. The van der Waals surface area contributed by atoms with E-state index in [1.807, 2.05) is 0 Å². The second kappa shape index (κ2) is 14.3. The van der Waals surface area contributed by atoms with Crippen LogP contribution in [0.15, 0.2) is 0 Å². The molecule has 0 aromatic carbocycles. The maximum atomic E-state index is 12.2. The normalized spacial score (nSPS) is 28.0. The summed E-state index contributed by atoms with van der Waals surface area (Å²) in [6, 6.07) is 0. The van der Waals surface area contributed by atoms with E-state index in [9.17, 15) is 9.46 Å². The molecule has 3 saturated heterocycles. The van der Waals surface area contributed by atoms with Crippen LogP contribution in [-0.4, -0.2) is 43.9 Å². The molecule has 0 saturated carbocycles. The van der Waals surface area contributed by atoms with Crippen LogP contribution in [0.25, 0.3) is 0 Å². The fourth-order valence-corrected chi connectivity index (χ4v) is 6.12. The van der Waals surface area contributed by atoms with Gasteiger partial charge in [0, 0.05) is 18.8 Å². The second-order valence-corrected chi connectivity index (χ2v) is 11.5. The Hall–Kier alpha value is 0.0700. The summed E-state index contributed by atoms with van der Waals surface area (Å²) in [6.45, 7) is 5.63. The Bertz CT molecular complexity index is 494. The van der Waals surface area contributed by atoms with Crippen molar-refractivity contribution in [2.24, 2.45) is 5.92 Å². The number of rotatable bonds is 18. The molecule has 0 radical (unpaired) electrons. The summed E-state index contributed by atoms with van der Waals surface area (Å²) in [4.78, 5) is 12.2. The number of nitrogens with zero attached hydrogens (tertiary/aromatic N) is 1. The van der Waals surface area contributed by atoms with E-state index in [1.165, 1.54) is 77.0 Å². The van der Waals surface area contributed by atoms with Crippen LogP contribution >= 0.6 is 7.82 Å². The molecule has 3 fully saturated rings. The molecule has 178 valence electrons. The van der Waals surface area contributed by atoms with E-state index in [0.29, 0.717) is 5.92 Å². The number of piperidine rings is 3. The summed E-state index contributed by atoms with van der Waals surface area (Å²) in [5, 5.41) is 0. The lowest BCUT2D eigenvalue weighted by atomic mass is 9.84. The van der Waals surface area contributed by atoms with Crippen molar-refractivity contribution in [2.45, 2.75) is 116 Å². The highest BCUT2D eigenvalue weighted by Gasteiger charge is 2.45. The number of unbranched alkanes of at least 4 members (excludes halogenated alkanes) is 13. The summed E-state index contributed by atoms with van der Waals surface area (Å²) in [5.74, 6) is 0.386. The predicted octanol–water partition coefficient (Wildman–Crippen LogP) is 6.21. The zero-order valence-electron chi connectivity index (χ0n) is 19.8. The smallest absolute Gasteiger partial charge is 0.268 e. The van der Waals surface area contributed by atoms with E-state index in [4.69, 9.17) is 9.05 Å². The van der Waals surface area contributed by atoms with Crippen molar-refractivity contribution in [1.82, 2.24) is 0 Å². The quantitative estimate of drug-likeness (QED) is 0.143. The van der Waals surface area contributed by atoms with Gasteiger partial charge in [0.15, 0.2) is 0 Å². The van der Waals surface area contributed by atoms with Gasteiger partial charge in [-0.1, -0.05) is 90.4 Å². The predicted molar refractivity (Wildman–Crippen MR) is 122 cm³/mol. The average Bonchev–Trinajstić information content (AvgIpc) is 2.70. The van der Waals surface area contributed by atoms with Crippen molar-refractivity contribution in [3.8, 4) is 0 Å². The fourth-order valence-electron chi connectivity index (χ4n) is 5.14. The van der Waals surface area contributed by atoms with E-state index in [-0.39, 0.29) is 12.7 Å². The minimum atomic E-state index is -4.17. The summed E-state index contributed by atoms with van der Waals surface area (Å²) < 4.78 is 23.7. The number of hydrogen-bond acceptors (Lipinski definition) is 4. The molecule has 2 atom stereocenters. The van der Waals surface area contributed by atoms with Crippen LogP contribution in [0.1, 0.15) is 110 Å². The molecule has 0 spiro atoms. The maximum absolute atomic E-state index is 12.2. The number of hydrogen-bond donors (Lipinski definition) is 0. The van der Waals surface area contributed by atoms with Crippen molar-refractivity contribution in [1.29, 1.82) is 0 Å². The van der Waals surface area contributed by atoms with E-state index in [1.54, 1.807) is 0 Å². The Balaban J connectivity index is 1.38. The third-order valence-electron chi connectivity index (χ3n) is 7.24. The fraction of sp³-hybridized carbons (Fsp3) is 1.00. The van der Waals surface area contributed by atoms with Gasteiger partial charge in [-0.3, -0.25) is 4.57 Å². The molecule has 5 nitrogen and oxygen atoms in total. The minimum absolute atomic E-state index is 0.183. The monoisotopic (exact) mass is 445 g/mol. The zero-order valence-corrected chi connectivity index (χ0v) is 20.7. The number of fused-ring (bicyclic) bond motifs is 3. The molecule has 6 heteroatoms. The highest BCUT2D eigenvalue weighted by atomic mass is 31.2. The molecule has 3 heterocycles.